The molecule has 1 rings (SSSR count). The summed E-state index contributed by atoms with van der Waals surface area (Å²) in [7, 11) is 0. The number of nitro groups is 1. The van der Waals surface area contributed by atoms with Crippen LogP contribution in [0.4, 0.5) is 10.1 Å². The van der Waals surface area contributed by atoms with Crippen molar-refractivity contribution in [1.82, 2.24) is 0 Å². The highest BCUT2D eigenvalue weighted by Gasteiger charge is 2.22. The van der Waals surface area contributed by atoms with E-state index in [2.05, 4.69) is 15.9 Å². The van der Waals surface area contributed by atoms with Gasteiger partial charge in [0.05, 0.1) is 10.5 Å². The first-order valence-corrected chi connectivity index (χ1v) is 4.16. The van der Waals surface area contributed by atoms with Gasteiger partial charge < -0.3 is 5.73 Å². The van der Waals surface area contributed by atoms with Gasteiger partial charge in [-0.15, -0.1) is 0 Å². The quantitative estimate of drug-likeness (QED) is 0.649. The van der Waals surface area contributed by atoms with Crippen molar-refractivity contribution in [3.8, 4) is 0 Å². The molecule has 0 aliphatic rings. The minimum atomic E-state index is -1.06. The van der Waals surface area contributed by atoms with E-state index in [0.717, 1.165) is 12.1 Å². The molecule has 1 amide bonds. The SMILES string of the molecule is NC(=O)c1c(F)ccc([N+](=O)[O-])c1Br. The molecule has 0 aliphatic heterocycles. The first kappa shape index (κ1) is 10.6. The second kappa shape index (κ2) is 3.70. The summed E-state index contributed by atoms with van der Waals surface area (Å²) in [6.07, 6.45) is 0. The van der Waals surface area contributed by atoms with E-state index >= 15 is 0 Å². The molecule has 0 aliphatic carbocycles. The van der Waals surface area contributed by atoms with Crippen molar-refractivity contribution in [2.45, 2.75) is 0 Å². The van der Waals surface area contributed by atoms with E-state index in [0.29, 0.717) is 0 Å². The first-order chi connectivity index (χ1) is 6.45. The molecule has 0 saturated carbocycles. The van der Waals surface area contributed by atoms with E-state index < -0.39 is 27.9 Å². The molecule has 14 heavy (non-hydrogen) atoms. The first-order valence-electron chi connectivity index (χ1n) is 3.37. The molecule has 0 radical (unpaired) electrons. The van der Waals surface area contributed by atoms with Crippen LogP contribution >= 0.6 is 15.9 Å². The van der Waals surface area contributed by atoms with E-state index in [9.17, 15) is 19.3 Å². The zero-order valence-electron chi connectivity index (χ0n) is 6.66. The fourth-order valence-corrected chi connectivity index (χ4v) is 1.57. The zero-order chi connectivity index (χ0) is 10.9. The fourth-order valence-electron chi connectivity index (χ4n) is 0.908. The van der Waals surface area contributed by atoms with E-state index in [1.807, 2.05) is 0 Å². The van der Waals surface area contributed by atoms with Crippen LogP contribution in [0.15, 0.2) is 16.6 Å². The molecule has 2 N–H and O–H groups in total. The number of nitro benzene ring substituents is 1. The van der Waals surface area contributed by atoms with Crippen LogP contribution in [0.5, 0.6) is 0 Å². The Balaban J connectivity index is 3.49. The van der Waals surface area contributed by atoms with Crippen LogP contribution < -0.4 is 5.73 Å². The molecule has 0 heterocycles. The third-order valence-corrected chi connectivity index (χ3v) is 2.32. The normalized spacial score (nSPS) is 9.86. The smallest absolute Gasteiger partial charge is 0.284 e. The number of hydrogen-bond acceptors (Lipinski definition) is 3. The van der Waals surface area contributed by atoms with E-state index in [1.54, 1.807) is 0 Å². The molecule has 0 fully saturated rings. The monoisotopic (exact) mass is 262 g/mol. The second-order valence-corrected chi connectivity index (χ2v) is 3.17. The van der Waals surface area contributed by atoms with Gasteiger partial charge in [-0.2, -0.15) is 0 Å². The van der Waals surface area contributed by atoms with Crippen molar-refractivity contribution in [2.75, 3.05) is 0 Å². The molecular weight excluding hydrogens is 259 g/mol. The fraction of sp³-hybridized carbons (Fsp3) is 0. The number of nitrogens with zero attached hydrogens (tertiary/aromatic N) is 1. The van der Waals surface area contributed by atoms with Crippen LogP contribution in [-0.2, 0) is 0 Å². The Kier molecular flexibility index (Phi) is 2.80. The third-order valence-electron chi connectivity index (χ3n) is 1.51. The number of amides is 1. The molecule has 1 aromatic rings. The zero-order valence-corrected chi connectivity index (χ0v) is 8.25. The van der Waals surface area contributed by atoms with Gasteiger partial charge >= 0.3 is 0 Å². The predicted molar refractivity (Wildman–Crippen MR) is 49.3 cm³/mol. The summed E-state index contributed by atoms with van der Waals surface area (Å²) < 4.78 is 12.8. The highest BCUT2D eigenvalue weighted by molar-refractivity contribution is 9.10. The summed E-state index contributed by atoms with van der Waals surface area (Å²) in [6.45, 7) is 0. The van der Waals surface area contributed by atoms with E-state index in [-0.39, 0.29) is 4.47 Å². The number of carbonyl (C=O) groups excluding carboxylic acids is 1. The maximum absolute atomic E-state index is 13.0. The number of rotatable bonds is 2. The van der Waals surface area contributed by atoms with Gasteiger partial charge in [0, 0.05) is 6.07 Å². The maximum Gasteiger partial charge on any atom is 0.284 e. The highest BCUT2D eigenvalue weighted by atomic mass is 79.9. The lowest BCUT2D eigenvalue weighted by molar-refractivity contribution is -0.385. The van der Waals surface area contributed by atoms with Crippen LogP contribution in [-0.4, -0.2) is 10.8 Å². The van der Waals surface area contributed by atoms with Crippen molar-refractivity contribution in [3.05, 3.63) is 38.1 Å². The van der Waals surface area contributed by atoms with Crippen molar-refractivity contribution >= 4 is 27.5 Å². The third kappa shape index (κ3) is 1.72. The minimum absolute atomic E-state index is 0.241. The summed E-state index contributed by atoms with van der Waals surface area (Å²) in [6, 6.07) is 1.77. The minimum Gasteiger partial charge on any atom is -0.365 e. The van der Waals surface area contributed by atoms with Gasteiger partial charge in [0.2, 0.25) is 0 Å². The molecule has 7 heteroatoms. The number of benzene rings is 1. The molecule has 1 aromatic carbocycles. The highest BCUT2D eigenvalue weighted by Crippen LogP contribution is 2.29. The molecule has 74 valence electrons. The molecule has 5 nitrogen and oxygen atoms in total. The van der Waals surface area contributed by atoms with Crippen molar-refractivity contribution in [3.63, 3.8) is 0 Å². The molecule has 0 atom stereocenters. The summed E-state index contributed by atoms with van der Waals surface area (Å²) in [4.78, 5) is 20.4. The van der Waals surface area contributed by atoms with Crippen LogP contribution in [0.3, 0.4) is 0 Å². The van der Waals surface area contributed by atoms with Crippen LogP contribution in [0, 0.1) is 15.9 Å². The van der Waals surface area contributed by atoms with Crippen LogP contribution in [0.2, 0.25) is 0 Å². The standard InChI is InChI=1S/C7H4BrFN2O3/c8-6-4(11(13)14)2-1-3(9)5(6)7(10)12/h1-2H,(H2,10,12). The van der Waals surface area contributed by atoms with Gasteiger partial charge in [0.1, 0.15) is 10.3 Å². The van der Waals surface area contributed by atoms with Crippen molar-refractivity contribution < 1.29 is 14.1 Å². The predicted octanol–water partition coefficient (Wildman–Crippen LogP) is 1.60. The van der Waals surface area contributed by atoms with Gasteiger partial charge in [-0.05, 0) is 22.0 Å². The summed E-state index contributed by atoms with van der Waals surface area (Å²) in [5, 5.41) is 10.4. The van der Waals surface area contributed by atoms with E-state index in [4.69, 9.17) is 5.73 Å². The summed E-state index contributed by atoms with van der Waals surface area (Å²) in [5.74, 6) is -1.95. The summed E-state index contributed by atoms with van der Waals surface area (Å²) >= 11 is 2.75. The second-order valence-electron chi connectivity index (χ2n) is 2.38. The van der Waals surface area contributed by atoms with Gasteiger partial charge in [-0.3, -0.25) is 14.9 Å². The van der Waals surface area contributed by atoms with Crippen molar-refractivity contribution in [1.29, 1.82) is 0 Å². The number of hydrogen-bond donors (Lipinski definition) is 1. The van der Waals surface area contributed by atoms with Gasteiger partial charge in [0.25, 0.3) is 11.6 Å². The number of halogens is 2. The average Bonchev–Trinajstić information content (AvgIpc) is 2.02. The molecule has 0 saturated heterocycles. The number of primary amides is 1. The van der Waals surface area contributed by atoms with E-state index in [1.165, 1.54) is 0 Å². The van der Waals surface area contributed by atoms with Gasteiger partial charge in [0.15, 0.2) is 0 Å². The summed E-state index contributed by atoms with van der Waals surface area (Å²) in [5.41, 5.74) is 3.94. The molecular formula is C7H4BrFN2O3. The van der Waals surface area contributed by atoms with Crippen molar-refractivity contribution in [2.24, 2.45) is 5.73 Å². The Labute approximate surface area is 86.0 Å². The van der Waals surface area contributed by atoms with Gasteiger partial charge in [-0.1, -0.05) is 0 Å². The topological polar surface area (TPSA) is 86.2 Å². The lowest BCUT2D eigenvalue weighted by atomic mass is 10.2. The number of nitrogens with two attached hydrogens (primary N) is 1. The molecule has 0 spiro atoms. The Morgan fingerprint density at radius 1 is 1.57 bits per heavy atom. The average molecular weight is 263 g/mol. The molecule has 0 bridgehead atoms. The lowest BCUT2D eigenvalue weighted by Crippen LogP contribution is -2.14. The molecule has 0 unspecified atom stereocenters. The Morgan fingerprint density at radius 3 is 2.57 bits per heavy atom. The lowest BCUT2D eigenvalue weighted by Gasteiger charge is -2.01. The maximum atomic E-state index is 13.0. The molecule has 0 aromatic heterocycles. The Hall–Kier alpha value is -1.50. The Bertz CT molecular complexity index is 422. The van der Waals surface area contributed by atoms with Crippen LogP contribution in [0.1, 0.15) is 10.4 Å². The van der Waals surface area contributed by atoms with Gasteiger partial charge in [-0.25, -0.2) is 4.39 Å². The largest absolute Gasteiger partial charge is 0.365 e. The Morgan fingerprint density at radius 2 is 2.14 bits per heavy atom. The van der Waals surface area contributed by atoms with Crippen LogP contribution in [0.25, 0.3) is 0 Å². The number of carbonyl (C=O) groups is 1.